The van der Waals surface area contributed by atoms with Crippen LogP contribution in [0.2, 0.25) is 0 Å². The molecule has 1 aromatic carbocycles. The van der Waals surface area contributed by atoms with Crippen molar-refractivity contribution >= 4 is 32.7 Å². The standard InChI is InChI=1S/C17H20N4O6S/c1-17(2,3)27-16(22)20-7-6-12(10-20)28(25,26)15-9-18-14-8-11(21(23)24)4-5-13(14)19-15/h4-5,8-9,12H,6-7,10H2,1-3H3. The predicted molar refractivity (Wildman–Crippen MR) is 99.6 cm³/mol. The van der Waals surface area contributed by atoms with Crippen molar-refractivity contribution in [2.75, 3.05) is 13.1 Å². The normalized spacial score (nSPS) is 17.7. The van der Waals surface area contributed by atoms with Crippen LogP contribution in [-0.2, 0) is 14.6 Å². The van der Waals surface area contributed by atoms with Crippen LogP contribution < -0.4 is 0 Å². The Morgan fingerprint density at radius 3 is 2.68 bits per heavy atom. The monoisotopic (exact) mass is 408 g/mol. The number of ether oxygens (including phenoxy) is 1. The highest BCUT2D eigenvalue weighted by atomic mass is 32.2. The molecule has 1 atom stereocenters. The number of sulfone groups is 1. The van der Waals surface area contributed by atoms with Crippen LogP contribution in [0.5, 0.6) is 0 Å². The maximum Gasteiger partial charge on any atom is 0.410 e. The molecule has 3 rings (SSSR count). The van der Waals surface area contributed by atoms with E-state index in [1.807, 2.05) is 0 Å². The maximum absolute atomic E-state index is 12.9. The fourth-order valence-corrected chi connectivity index (χ4v) is 4.44. The van der Waals surface area contributed by atoms with Crippen molar-refractivity contribution in [3.05, 3.63) is 34.5 Å². The van der Waals surface area contributed by atoms with Gasteiger partial charge in [0.15, 0.2) is 5.03 Å². The van der Waals surface area contributed by atoms with Gasteiger partial charge in [-0.05, 0) is 33.3 Å². The quantitative estimate of drug-likeness (QED) is 0.558. The lowest BCUT2D eigenvalue weighted by Crippen LogP contribution is -2.36. The molecule has 28 heavy (non-hydrogen) atoms. The molecule has 1 aliphatic heterocycles. The van der Waals surface area contributed by atoms with Crippen molar-refractivity contribution in [2.45, 2.75) is 43.1 Å². The van der Waals surface area contributed by atoms with Gasteiger partial charge in [-0.1, -0.05) is 0 Å². The number of benzene rings is 1. The fourth-order valence-electron chi connectivity index (χ4n) is 2.88. The molecule has 150 valence electrons. The Morgan fingerprint density at radius 1 is 1.32 bits per heavy atom. The largest absolute Gasteiger partial charge is 0.444 e. The van der Waals surface area contributed by atoms with Crippen molar-refractivity contribution < 1.29 is 22.9 Å². The third-order valence-corrected chi connectivity index (χ3v) is 6.28. The van der Waals surface area contributed by atoms with Gasteiger partial charge in [0.05, 0.1) is 27.4 Å². The summed E-state index contributed by atoms with van der Waals surface area (Å²) in [7, 11) is -3.82. The Kier molecular flexibility index (Phi) is 4.96. The summed E-state index contributed by atoms with van der Waals surface area (Å²) in [4.78, 5) is 31.9. The minimum absolute atomic E-state index is 0.0111. The second-order valence-corrected chi connectivity index (χ2v) is 9.70. The molecular formula is C17H20N4O6S. The molecule has 2 heterocycles. The third kappa shape index (κ3) is 4.03. The molecule has 11 heteroatoms. The van der Waals surface area contributed by atoms with Crippen LogP contribution in [0.4, 0.5) is 10.5 Å². The molecule has 0 aliphatic carbocycles. The lowest BCUT2D eigenvalue weighted by atomic mass is 10.2. The van der Waals surface area contributed by atoms with E-state index >= 15 is 0 Å². The number of hydrogen-bond donors (Lipinski definition) is 0. The fraction of sp³-hybridized carbons (Fsp3) is 0.471. The van der Waals surface area contributed by atoms with Gasteiger partial charge in [-0.2, -0.15) is 0 Å². The van der Waals surface area contributed by atoms with Crippen LogP contribution in [0.1, 0.15) is 27.2 Å². The third-order valence-electron chi connectivity index (χ3n) is 4.24. The number of aromatic nitrogens is 2. The average Bonchev–Trinajstić information content (AvgIpc) is 3.10. The van der Waals surface area contributed by atoms with Gasteiger partial charge in [0.25, 0.3) is 5.69 Å². The molecule has 1 fully saturated rings. The summed E-state index contributed by atoms with van der Waals surface area (Å²) in [5, 5.41) is 9.80. The number of fused-ring (bicyclic) bond motifs is 1. The van der Waals surface area contributed by atoms with Gasteiger partial charge in [0, 0.05) is 25.2 Å². The molecule has 1 aromatic heterocycles. The first-order valence-corrected chi connectivity index (χ1v) is 10.1. The number of carbonyl (C=O) groups is 1. The number of likely N-dealkylation sites (tertiary alicyclic amines) is 1. The summed E-state index contributed by atoms with van der Waals surface area (Å²) in [6.45, 7) is 5.50. The van der Waals surface area contributed by atoms with Gasteiger partial charge >= 0.3 is 6.09 Å². The zero-order valence-electron chi connectivity index (χ0n) is 15.7. The number of amides is 1. The number of non-ortho nitro benzene ring substituents is 1. The van der Waals surface area contributed by atoms with Gasteiger partial charge in [-0.25, -0.2) is 18.2 Å². The van der Waals surface area contributed by atoms with Crippen LogP contribution in [0, 0.1) is 10.1 Å². The van der Waals surface area contributed by atoms with Crippen LogP contribution in [-0.4, -0.2) is 58.2 Å². The Morgan fingerprint density at radius 2 is 2.04 bits per heavy atom. The number of carbonyl (C=O) groups excluding carboxylic acids is 1. The second-order valence-electron chi connectivity index (χ2n) is 7.52. The van der Waals surface area contributed by atoms with E-state index in [-0.39, 0.29) is 41.3 Å². The number of nitro benzene ring substituents is 1. The molecule has 0 N–H and O–H groups in total. The summed E-state index contributed by atoms with van der Waals surface area (Å²) in [5.74, 6) is 0. The Labute approximate surface area is 161 Å². The van der Waals surface area contributed by atoms with Crippen LogP contribution in [0.3, 0.4) is 0 Å². The smallest absolute Gasteiger partial charge is 0.410 e. The van der Waals surface area contributed by atoms with Crippen molar-refractivity contribution in [1.29, 1.82) is 0 Å². The lowest BCUT2D eigenvalue weighted by molar-refractivity contribution is -0.384. The Hall–Kier alpha value is -2.82. The summed E-state index contributed by atoms with van der Waals surface area (Å²) < 4.78 is 31.1. The van der Waals surface area contributed by atoms with E-state index in [2.05, 4.69) is 9.97 Å². The number of hydrogen-bond acceptors (Lipinski definition) is 8. The van der Waals surface area contributed by atoms with Gasteiger partial charge < -0.3 is 9.64 Å². The van der Waals surface area contributed by atoms with E-state index in [9.17, 15) is 23.3 Å². The van der Waals surface area contributed by atoms with Gasteiger partial charge in [0.1, 0.15) is 5.60 Å². The zero-order valence-corrected chi connectivity index (χ0v) is 16.5. The minimum atomic E-state index is -3.82. The summed E-state index contributed by atoms with van der Waals surface area (Å²) in [6.07, 6.45) is 0.807. The SMILES string of the molecule is CC(C)(C)OC(=O)N1CCC(S(=O)(=O)c2cnc3cc([N+](=O)[O-])ccc3n2)C1. The van der Waals surface area contributed by atoms with E-state index < -0.39 is 31.7 Å². The molecule has 1 saturated heterocycles. The second kappa shape index (κ2) is 6.97. The van der Waals surface area contributed by atoms with Crippen molar-refractivity contribution in [3.8, 4) is 0 Å². The van der Waals surface area contributed by atoms with Gasteiger partial charge in [0.2, 0.25) is 9.84 Å². The number of nitro groups is 1. The van der Waals surface area contributed by atoms with Gasteiger partial charge in [-0.3, -0.25) is 15.1 Å². The van der Waals surface area contributed by atoms with E-state index in [4.69, 9.17) is 4.74 Å². The lowest BCUT2D eigenvalue weighted by Gasteiger charge is -2.24. The topological polar surface area (TPSA) is 133 Å². The zero-order chi connectivity index (χ0) is 20.7. The van der Waals surface area contributed by atoms with E-state index in [1.54, 1.807) is 20.8 Å². The van der Waals surface area contributed by atoms with E-state index in [1.165, 1.54) is 23.1 Å². The van der Waals surface area contributed by atoms with Crippen LogP contribution in [0.25, 0.3) is 11.0 Å². The van der Waals surface area contributed by atoms with E-state index in [0.29, 0.717) is 0 Å². The van der Waals surface area contributed by atoms with Crippen LogP contribution >= 0.6 is 0 Å². The highest BCUT2D eigenvalue weighted by Crippen LogP contribution is 2.26. The maximum atomic E-state index is 12.9. The summed E-state index contributed by atoms with van der Waals surface area (Å²) in [5.41, 5.74) is -0.342. The molecule has 2 aromatic rings. The Balaban J connectivity index is 1.82. The first-order valence-electron chi connectivity index (χ1n) is 8.60. The minimum Gasteiger partial charge on any atom is -0.444 e. The molecule has 0 bridgehead atoms. The van der Waals surface area contributed by atoms with Crippen molar-refractivity contribution in [2.24, 2.45) is 0 Å². The molecule has 10 nitrogen and oxygen atoms in total. The van der Waals surface area contributed by atoms with E-state index in [0.717, 1.165) is 6.20 Å². The molecule has 0 saturated carbocycles. The molecule has 1 amide bonds. The first kappa shape index (κ1) is 19.9. The predicted octanol–water partition coefficient (Wildman–Crippen LogP) is 2.32. The molecule has 0 radical (unpaired) electrons. The highest BCUT2D eigenvalue weighted by Gasteiger charge is 2.38. The highest BCUT2D eigenvalue weighted by molar-refractivity contribution is 7.92. The number of rotatable bonds is 3. The molecule has 0 spiro atoms. The summed E-state index contributed by atoms with van der Waals surface area (Å²) >= 11 is 0. The molecule has 1 unspecified atom stereocenters. The van der Waals surface area contributed by atoms with Crippen molar-refractivity contribution in [1.82, 2.24) is 14.9 Å². The van der Waals surface area contributed by atoms with Crippen molar-refractivity contribution in [3.63, 3.8) is 0 Å². The number of nitrogens with zero attached hydrogens (tertiary/aromatic N) is 4. The van der Waals surface area contributed by atoms with Gasteiger partial charge in [-0.15, -0.1) is 0 Å². The average molecular weight is 408 g/mol. The first-order chi connectivity index (χ1) is 13.0. The molecule has 1 aliphatic rings. The molecular weight excluding hydrogens is 388 g/mol. The summed E-state index contributed by atoms with van der Waals surface area (Å²) in [6, 6.07) is 3.84. The van der Waals surface area contributed by atoms with Crippen LogP contribution in [0.15, 0.2) is 29.4 Å². The Bertz CT molecular complexity index is 1050.